The summed E-state index contributed by atoms with van der Waals surface area (Å²) in [4.78, 5) is 23.9. The molecule has 18 heavy (non-hydrogen) atoms. The predicted molar refractivity (Wildman–Crippen MR) is 70.4 cm³/mol. The Morgan fingerprint density at radius 1 is 0.722 bits per heavy atom. The lowest BCUT2D eigenvalue weighted by molar-refractivity contribution is 0.0817. The van der Waals surface area contributed by atoms with Crippen molar-refractivity contribution in [1.29, 1.82) is 0 Å². The van der Waals surface area contributed by atoms with Crippen molar-refractivity contribution >= 4 is 22.9 Å². The van der Waals surface area contributed by atoms with Crippen LogP contribution in [0.1, 0.15) is 20.7 Å². The highest BCUT2D eigenvalue weighted by atomic mass is 16.2. The van der Waals surface area contributed by atoms with Crippen LogP contribution in [-0.4, -0.2) is 11.6 Å². The van der Waals surface area contributed by atoms with Gasteiger partial charge < -0.3 is 11.5 Å². The van der Waals surface area contributed by atoms with Crippen LogP contribution < -0.4 is 11.5 Å². The number of Topliss-reactive ketones (excluding diaryl/α,β-unsaturated/α-hetero) is 2. The number of rotatable bonds is 3. The summed E-state index contributed by atoms with van der Waals surface area (Å²) in [6.07, 6.45) is 0. The standard InChI is InChI=1S/C14H12N2O2/c15-11-5-1-3-9(7-11)13(17)14(18)10-4-2-6-12(16)8-10/h1-8H,15-16H2. The summed E-state index contributed by atoms with van der Waals surface area (Å²) in [6.45, 7) is 0. The summed E-state index contributed by atoms with van der Waals surface area (Å²) < 4.78 is 0. The van der Waals surface area contributed by atoms with E-state index in [2.05, 4.69) is 0 Å². The van der Waals surface area contributed by atoms with E-state index in [0.29, 0.717) is 11.4 Å². The van der Waals surface area contributed by atoms with Crippen LogP contribution >= 0.6 is 0 Å². The summed E-state index contributed by atoms with van der Waals surface area (Å²) in [7, 11) is 0. The van der Waals surface area contributed by atoms with Crippen LogP contribution in [-0.2, 0) is 0 Å². The van der Waals surface area contributed by atoms with Crippen molar-refractivity contribution in [2.45, 2.75) is 0 Å². The maximum atomic E-state index is 12.0. The number of hydrogen-bond donors (Lipinski definition) is 2. The molecule has 0 aliphatic rings. The zero-order valence-corrected chi connectivity index (χ0v) is 9.59. The summed E-state index contributed by atoms with van der Waals surface area (Å²) in [6, 6.07) is 12.7. The first-order valence-corrected chi connectivity index (χ1v) is 5.38. The average Bonchev–Trinajstić information content (AvgIpc) is 2.37. The van der Waals surface area contributed by atoms with Crippen LogP contribution in [0.25, 0.3) is 0 Å². The molecule has 0 atom stereocenters. The average molecular weight is 240 g/mol. The first-order chi connectivity index (χ1) is 8.58. The fourth-order valence-electron chi connectivity index (χ4n) is 1.62. The van der Waals surface area contributed by atoms with Gasteiger partial charge in [-0.1, -0.05) is 24.3 Å². The second kappa shape index (κ2) is 4.71. The lowest BCUT2D eigenvalue weighted by Gasteiger charge is -2.02. The molecule has 0 spiro atoms. The molecule has 90 valence electrons. The fraction of sp³-hybridized carbons (Fsp3) is 0. The number of carbonyl (C=O) groups is 2. The Hall–Kier alpha value is -2.62. The van der Waals surface area contributed by atoms with Crippen LogP contribution in [0.3, 0.4) is 0 Å². The van der Waals surface area contributed by atoms with Gasteiger partial charge >= 0.3 is 0 Å². The largest absolute Gasteiger partial charge is 0.399 e. The number of benzene rings is 2. The third kappa shape index (κ3) is 2.38. The quantitative estimate of drug-likeness (QED) is 0.487. The highest BCUT2D eigenvalue weighted by Gasteiger charge is 2.18. The number of anilines is 2. The maximum Gasteiger partial charge on any atom is 0.233 e. The van der Waals surface area contributed by atoms with Gasteiger partial charge in [0.1, 0.15) is 0 Å². The van der Waals surface area contributed by atoms with Crippen molar-refractivity contribution < 1.29 is 9.59 Å². The van der Waals surface area contributed by atoms with Crippen molar-refractivity contribution in [3.63, 3.8) is 0 Å². The van der Waals surface area contributed by atoms with E-state index in [9.17, 15) is 9.59 Å². The molecule has 0 aromatic heterocycles. The molecule has 2 aromatic rings. The van der Waals surface area contributed by atoms with E-state index in [1.807, 2.05) is 0 Å². The summed E-state index contributed by atoms with van der Waals surface area (Å²) >= 11 is 0. The Kier molecular flexibility index (Phi) is 3.10. The van der Waals surface area contributed by atoms with Gasteiger partial charge in [0.2, 0.25) is 11.6 Å². The maximum absolute atomic E-state index is 12.0. The molecule has 4 N–H and O–H groups in total. The summed E-state index contributed by atoms with van der Waals surface area (Å²) in [5.41, 5.74) is 12.6. The molecule has 0 aliphatic heterocycles. The van der Waals surface area contributed by atoms with Gasteiger partial charge in [-0.2, -0.15) is 0 Å². The number of nitrogens with two attached hydrogens (primary N) is 2. The second-order valence-corrected chi connectivity index (χ2v) is 3.91. The molecule has 0 radical (unpaired) electrons. The SMILES string of the molecule is Nc1cccc(C(=O)C(=O)c2cccc(N)c2)c1. The minimum atomic E-state index is -0.590. The number of nitrogen functional groups attached to an aromatic ring is 2. The highest BCUT2D eigenvalue weighted by Crippen LogP contribution is 2.13. The number of hydrogen-bond acceptors (Lipinski definition) is 4. The lowest BCUT2D eigenvalue weighted by Crippen LogP contribution is -2.14. The minimum absolute atomic E-state index is 0.280. The zero-order valence-electron chi connectivity index (χ0n) is 9.59. The summed E-state index contributed by atoms with van der Waals surface area (Å²) in [5.74, 6) is -1.18. The second-order valence-electron chi connectivity index (χ2n) is 3.91. The molecule has 0 aliphatic carbocycles. The van der Waals surface area contributed by atoms with E-state index in [1.165, 1.54) is 12.1 Å². The molecule has 4 heteroatoms. The van der Waals surface area contributed by atoms with E-state index in [0.717, 1.165) is 0 Å². The molecule has 2 aromatic carbocycles. The Bertz CT molecular complexity index is 565. The zero-order chi connectivity index (χ0) is 13.1. The van der Waals surface area contributed by atoms with Crippen molar-refractivity contribution in [3.8, 4) is 0 Å². The van der Waals surface area contributed by atoms with Gasteiger partial charge in [-0.05, 0) is 24.3 Å². The van der Waals surface area contributed by atoms with Gasteiger partial charge in [0.15, 0.2) is 0 Å². The third-order valence-corrected chi connectivity index (χ3v) is 2.50. The van der Waals surface area contributed by atoms with E-state index < -0.39 is 11.6 Å². The molecule has 0 bridgehead atoms. The molecule has 0 amide bonds. The minimum Gasteiger partial charge on any atom is -0.399 e. The smallest absolute Gasteiger partial charge is 0.233 e. The first-order valence-electron chi connectivity index (χ1n) is 5.38. The first kappa shape index (κ1) is 11.9. The van der Waals surface area contributed by atoms with E-state index in [-0.39, 0.29) is 11.1 Å². The summed E-state index contributed by atoms with van der Waals surface area (Å²) in [5, 5.41) is 0. The van der Waals surface area contributed by atoms with E-state index in [4.69, 9.17) is 11.5 Å². The molecule has 0 saturated heterocycles. The van der Waals surface area contributed by atoms with Crippen LogP contribution in [0.5, 0.6) is 0 Å². The van der Waals surface area contributed by atoms with Gasteiger partial charge in [0.25, 0.3) is 0 Å². The topological polar surface area (TPSA) is 86.2 Å². The van der Waals surface area contributed by atoms with E-state index in [1.54, 1.807) is 36.4 Å². The number of ketones is 2. The Morgan fingerprint density at radius 2 is 1.11 bits per heavy atom. The molecule has 0 fully saturated rings. The molecule has 0 heterocycles. The molecular weight excluding hydrogens is 228 g/mol. The third-order valence-electron chi connectivity index (χ3n) is 2.50. The Labute approximate surface area is 104 Å². The predicted octanol–water partition coefficient (Wildman–Crippen LogP) is 1.92. The van der Waals surface area contributed by atoms with Gasteiger partial charge in [-0.3, -0.25) is 9.59 Å². The highest BCUT2D eigenvalue weighted by molar-refractivity contribution is 6.49. The monoisotopic (exact) mass is 240 g/mol. The van der Waals surface area contributed by atoms with Gasteiger partial charge in [-0.25, -0.2) is 0 Å². The van der Waals surface area contributed by atoms with Gasteiger partial charge in [0, 0.05) is 22.5 Å². The Morgan fingerprint density at radius 3 is 1.44 bits per heavy atom. The Balaban J connectivity index is 2.32. The van der Waals surface area contributed by atoms with Gasteiger partial charge in [0.05, 0.1) is 0 Å². The number of carbonyl (C=O) groups excluding carboxylic acids is 2. The van der Waals surface area contributed by atoms with Gasteiger partial charge in [-0.15, -0.1) is 0 Å². The molecule has 2 rings (SSSR count). The van der Waals surface area contributed by atoms with Crippen molar-refractivity contribution in [2.75, 3.05) is 11.5 Å². The van der Waals surface area contributed by atoms with E-state index >= 15 is 0 Å². The van der Waals surface area contributed by atoms with Crippen LogP contribution in [0.2, 0.25) is 0 Å². The van der Waals surface area contributed by atoms with Crippen molar-refractivity contribution in [1.82, 2.24) is 0 Å². The van der Waals surface area contributed by atoms with Crippen LogP contribution in [0.15, 0.2) is 48.5 Å². The van der Waals surface area contributed by atoms with Crippen LogP contribution in [0, 0.1) is 0 Å². The normalized spacial score (nSPS) is 10.0. The van der Waals surface area contributed by atoms with Crippen molar-refractivity contribution in [2.24, 2.45) is 0 Å². The van der Waals surface area contributed by atoms with Crippen LogP contribution in [0.4, 0.5) is 11.4 Å². The fourth-order valence-corrected chi connectivity index (χ4v) is 1.62. The van der Waals surface area contributed by atoms with Crippen molar-refractivity contribution in [3.05, 3.63) is 59.7 Å². The molecule has 4 nitrogen and oxygen atoms in total. The molecule has 0 unspecified atom stereocenters. The molecule has 0 saturated carbocycles. The lowest BCUT2D eigenvalue weighted by atomic mass is 10.0. The molecular formula is C14H12N2O2.